The van der Waals surface area contributed by atoms with Crippen molar-refractivity contribution in [1.82, 2.24) is 0 Å². The Morgan fingerprint density at radius 3 is 2.58 bits per heavy atom. The molecule has 3 nitrogen and oxygen atoms in total. The molecule has 1 aliphatic rings. The first kappa shape index (κ1) is 8.97. The number of esters is 1. The zero-order chi connectivity index (χ0) is 9.35. The monoisotopic (exact) mass is 167 g/mol. The molecule has 1 rings (SSSR count). The zero-order valence-corrected chi connectivity index (χ0v) is 7.68. The smallest absolute Gasteiger partial charge is 0.340 e. The summed E-state index contributed by atoms with van der Waals surface area (Å²) in [6, 6.07) is 0. The van der Waals surface area contributed by atoms with Gasteiger partial charge in [0.25, 0.3) is 0 Å². The summed E-state index contributed by atoms with van der Waals surface area (Å²) in [7, 11) is 0. The Balaban J connectivity index is 2.95. The van der Waals surface area contributed by atoms with Crippen LogP contribution in [0.25, 0.3) is 0 Å². The molecule has 12 heavy (non-hydrogen) atoms. The predicted molar refractivity (Wildman–Crippen MR) is 47.0 cm³/mol. The number of hydrogen-bond acceptors (Lipinski definition) is 3. The van der Waals surface area contributed by atoms with Gasteiger partial charge in [-0.2, -0.15) is 0 Å². The van der Waals surface area contributed by atoms with Crippen molar-refractivity contribution in [2.45, 2.75) is 32.7 Å². The lowest BCUT2D eigenvalue weighted by Crippen LogP contribution is -2.28. The SMILES string of the molecule is C=C(C)C1=NC(C)(CC)C(=O)O1. The van der Waals surface area contributed by atoms with Gasteiger partial charge < -0.3 is 4.74 Å². The van der Waals surface area contributed by atoms with E-state index in [0.717, 1.165) is 0 Å². The van der Waals surface area contributed by atoms with Gasteiger partial charge in [-0.25, -0.2) is 9.79 Å². The lowest BCUT2D eigenvalue weighted by Gasteiger charge is -2.11. The van der Waals surface area contributed by atoms with Gasteiger partial charge in [-0.15, -0.1) is 0 Å². The fourth-order valence-electron chi connectivity index (χ4n) is 0.896. The number of rotatable bonds is 2. The lowest BCUT2D eigenvalue weighted by atomic mass is 10.0. The van der Waals surface area contributed by atoms with Crippen molar-refractivity contribution in [3.05, 3.63) is 12.2 Å². The third kappa shape index (κ3) is 1.26. The maximum absolute atomic E-state index is 11.3. The van der Waals surface area contributed by atoms with E-state index in [1.165, 1.54) is 0 Å². The summed E-state index contributed by atoms with van der Waals surface area (Å²) in [4.78, 5) is 15.4. The van der Waals surface area contributed by atoms with E-state index in [4.69, 9.17) is 4.74 Å². The van der Waals surface area contributed by atoms with Crippen molar-refractivity contribution in [2.24, 2.45) is 4.99 Å². The van der Waals surface area contributed by atoms with E-state index in [0.29, 0.717) is 17.9 Å². The summed E-state index contributed by atoms with van der Waals surface area (Å²) < 4.78 is 4.94. The van der Waals surface area contributed by atoms with Crippen molar-refractivity contribution >= 4 is 11.9 Å². The van der Waals surface area contributed by atoms with E-state index in [9.17, 15) is 4.79 Å². The third-order valence-corrected chi connectivity index (χ3v) is 2.03. The average molecular weight is 167 g/mol. The third-order valence-electron chi connectivity index (χ3n) is 2.03. The van der Waals surface area contributed by atoms with E-state index in [-0.39, 0.29) is 5.97 Å². The molecular formula is C9H13NO2. The first-order chi connectivity index (χ1) is 5.49. The van der Waals surface area contributed by atoms with Gasteiger partial charge in [0.2, 0.25) is 5.90 Å². The molecule has 0 N–H and O–H groups in total. The van der Waals surface area contributed by atoms with Crippen molar-refractivity contribution in [2.75, 3.05) is 0 Å². The van der Waals surface area contributed by atoms with Gasteiger partial charge in [0.1, 0.15) is 0 Å². The molecule has 3 heteroatoms. The summed E-state index contributed by atoms with van der Waals surface area (Å²) in [5, 5.41) is 0. The van der Waals surface area contributed by atoms with Gasteiger partial charge in [-0.3, -0.25) is 0 Å². The number of aliphatic imine (C=N–C) groups is 1. The Labute approximate surface area is 72.1 Å². The summed E-state index contributed by atoms with van der Waals surface area (Å²) >= 11 is 0. The second-order valence-electron chi connectivity index (χ2n) is 3.21. The molecule has 0 aromatic carbocycles. The number of carbonyl (C=O) groups is 1. The number of nitrogens with zero attached hydrogens (tertiary/aromatic N) is 1. The summed E-state index contributed by atoms with van der Waals surface area (Å²) in [6.45, 7) is 9.11. The molecule has 0 amide bonds. The predicted octanol–water partition coefficient (Wildman–Crippen LogP) is 1.69. The van der Waals surface area contributed by atoms with Crippen molar-refractivity contribution in [3.8, 4) is 0 Å². The normalized spacial score (nSPS) is 28.2. The molecule has 0 aromatic rings. The van der Waals surface area contributed by atoms with E-state index < -0.39 is 5.54 Å². The molecule has 1 atom stereocenters. The molecule has 0 spiro atoms. The molecule has 1 aliphatic heterocycles. The fourth-order valence-corrected chi connectivity index (χ4v) is 0.896. The van der Waals surface area contributed by atoms with Gasteiger partial charge in [0, 0.05) is 5.57 Å². The maximum atomic E-state index is 11.3. The van der Waals surface area contributed by atoms with E-state index in [1.54, 1.807) is 13.8 Å². The number of ether oxygens (including phenoxy) is 1. The minimum Gasteiger partial charge on any atom is -0.406 e. The van der Waals surface area contributed by atoms with E-state index in [2.05, 4.69) is 11.6 Å². The summed E-state index contributed by atoms with van der Waals surface area (Å²) in [5.74, 6) is 0.104. The molecule has 1 heterocycles. The van der Waals surface area contributed by atoms with Gasteiger partial charge in [0.15, 0.2) is 5.54 Å². The molecule has 0 saturated heterocycles. The Morgan fingerprint density at radius 1 is 1.75 bits per heavy atom. The number of hydrogen-bond donors (Lipinski definition) is 0. The fraction of sp³-hybridized carbons (Fsp3) is 0.556. The highest BCUT2D eigenvalue weighted by Gasteiger charge is 2.39. The number of cyclic esters (lactones) is 1. The highest BCUT2D eigenvalue weighted by atomic mass is 16.6. The Kier molecular flexibility index (Phi) is 2.04. The summed E-state index contributed by atoms with van der Waals surface area (Å²) in [6.07, 6.45) is 0.655. The van der Waals surface area contributed by atoms with Gasteiger partial charge in [0.05, 0.1) is 0 Å². The second kappa shape index (κ2) is 2.73. The van der Waals surface area contributed by atoms with Crippen LogP contribution >= 0.6 is 0 Å². The quantitative estimate of drug-likeness (QED) is 0.587. The molecule has 0 fully saturated rings. The molecule has 66 valence electrons. The summed E-state index contributed by atoms with van der Waals surface area (Å²) in [5.41, 5.74) is 0.00870. The van der Waals surface area contributed by atoms with Gasteiger partial charge in [-0.1, -0.05) is 13.5 Å². The minimum atomic E-state index is -0.686. The van der Waals surface area contributed by atoms with Crippen LogP contribution in [0.2, 0.25) is 0 Å². The van der Waals surface area contributed by atoms with Crippen LogP contribution in [0.1, 0.15) is 27.2 Å². The van der Waals surface area contributed by atoms with Gasteiger partial charge >= 0.3 is 5.97 Å². The average Bonchev–Trinajstić information content (AvgIpc) is 2.30. The molecule has 0 bridgehead atoms. The highest BCUT2D eigenvalue weighted by molar-refractivity contribution is 6.06. The first-order valence-electron chi connectivity index (χ1n) is 3.97. The largest absolute Gasteiger partial charge is 0.406 e. The van der Waals surface area contributed by atoms with Crippen LogP contribution in [0, 0.1) is 0 Å². The Bertz CT molecular complexity index is 268. The van der Waals surface area contributed by atoms with Crippen molar-refractivity contribution in [3.63, 3.8) is 0 Å². The standard InChI is InChI=1S/C9H13NO2/c1-5-9(4)8(11)12-7(10-9)6(2)3/h2,5H2,1,3-4H3. The van der Waals surface area contributed by atoms with Gasteiger partial charge in [-0.05, 0) is 20.3 Å². The minimum absolute atomic E-state index is 0.275. The molecule has 0 radical (unpaired) electrons. The molecule has 0 saturated carbocycles. The molecule has 0 aromatic heterocycles. The topological polar surface area (TPSA) is 38.7 Å². The van der Waals surface area contributed by atoms with Crippen LogP contribution in [0.4, 0.5) is 0 Å². The lowest BCUT2D eigenvalue weighted by molar-refractivity contribution is -0.138. The molecule has 1 unspecified atom stereocenters. The Hall–Kier alpha value is -1.12. The maximum Gasteiger partial charge on any atom is 0.340 e. The first-order valence-corrected chi connectivity index (χ1v) is 3.97. The second-order valence-corrected chi connectivity index (χ2v) is 3.21. The van der Waals surface area contributed by atoms with Crippen molar-refractivity contribution in [1.29, 1.82) is 0 Å². The zero-order valence-electron chi connectivity index (χ0n) is 7.68. The van der Waals surface area contributed by atoms with Crippen LogP contribution in [0.5, 0.6) is 0 Å². The van der Waals surface area contributed by atoms with E-state index in [1.807, 2.05) is 6.92 Å². The Morgan fingerprint density at radius 2 is 2.33 bits per heavy atom. The number of carbonyl (C=O) groups excluding carboxylic acids is 1. The highest BCUT2D eigenvalue weighted by Crippen LogP contribution is 2.25. The molecular weight excluding hydrogens is 154 g/mol. The van der Waals surface area contributed by atoms with E-state index >= 15 is 0 Å². The van der Waals surface area contributed by atoms with Crippen LogP contribution in [-0.2, 0) is 9.53 Å². The van der Waals surface area contributed by atoms with Crippen LogP contribution in [-0.4, -0.2) is 17.4 Å². The van der Waals surface area contributed by atoms with Crippen LogP contribution < -0.4 is 0 Å². The van der Waals surface area contributed by atoms with Crippen LogP contribution in [0.15, 0.2) is 17.1 Å². The molecule has 0 aliphatic carbocycles. The van der Waals surface area contributed by atoms with Crippen molar-refractivity contribution < 1.29 is 9.53 Å². The van der Waals surface area contributed by atoms with Crippen LogP contribution in [0.3, 0.4) is 0 Å².